The number of rotatable bonds is 3. The minimum absolute atomic E-state index is 0.120. The molecular formula is C13H13F3N2O2. The zero-order valence-corrected chi connectivity index (χ0v) is 10.7. The van der Waals surface area contributed by atoms with Crippen molar-refractivity contribution in [2.45, 2.75) is 25.6 Å². The van der Waals surface area contributed by atoms with E-state index in [0.29, 0.717) is 0 Å². The molecular weight excluding hydrogens is 273 g/mol. The zero-order valence-electron chi connectivity index (χ0n) is 10.7. The van der Waals surface area contributed by atoms with Gasteiger partial charge in [-0.1, -0.05) is 11.8 Å². The van der Waals surface area contributed by atoms with Crippen molar-refractivity contribution >= 4 is 5.91 Å². The number of pyridine rings is 1. The molecule has 0 saturated carbocycles. The molecule has 0 aliphatic heterocycles. The Hall–Kier alpha value is -2.07. The third-order valence-electron chi connectivity index (χ3n) is 2.28. The van der Waals surface area contributed by atoms with E-state index in [-0.39, 0.29) is 17.7 Å². The van der Waals surface area contributed by atoms with Gasteiger partial charge in [0.1, 0.15) is 6.61 Å². The molecule has 0 aliphatic rings. The molecule has 1 unspecified atom stereocenters. The molecule has 1 atom stereocenters. The molecule has 1 rings (SSSR count). The Morgan fingerprint density at radius 2 is 2.25 bits per heavy atom. The van der Waals surface area contributed by atoms with E-state index in [1.807, 2.05) is 0 Å². The average molecular weight is 286 g/mol. The lowest BCUT2D eigenvalue weighted by Crippen LogP contribution is -2.36. The van der Waals surface area contributed by atoms with Gasteiger partial charge in [-0.2, -0.15) is 13.2 Å². The maximum absolute atomic E-state index is 12.2. The molecule has 1 aromatic rings. The van der Waals surface area contributed by atoms with Crippen LogP contribution in [0, 0.1) is 11.8 Å². The SMILES string of the molecule is CC(CC(F)(F)F)NC(=O)c1ccncc1C#CCO. The summed E-state index contributed by atoms with van der Waals surface area (Å²) in [5, 5.41) is 10.9. The van der Waals surface area contributed by atoms with E-state index in [0.717, 1.165) is 0 Å². The number of aliphatic hydroxyl groups excluding tert-OH is 1. The number of aliphatic hydroxyl groups is 1. The van der Waals surface area contributed by atoms with Crippen molar-refractivity contribution in [2.75, 3.05) is 6.61 Å². The first-order valence-electron chi connectivity index (χ1n) is 5.75. The first kappa shape index (κ1) is 16.0. The lowest BCUT2D eigenvalue weighted by Gasteiger charge is -2.16. The molecule has 0 fully saturated rings. The van der Waals surface area contributed by atoms with Gasteiger partial charge in [0.05, 0.1) is 17.5 Å². The second-order valence-corrected chi connectivity index (χ2v) is 4.07. The van der Waals surface area contributed by atoms with Crippen LogP contribution < -0.4 is 5.32 Å². The molecule has 0 saturated heterocycles. The molecule has 108 valence electrons. The van der Waals surface area contributed by atoms with Crippen LogP contribution in [0.3, 0.4) is 0 Å². The van der Waals surface area contributed by atoms with E-state index >= 15 is 0 Å². The van der Waals surface area contributed by atoms with Crippen LogP contribution in [0.5, 0.6) is 0 Å². The number of hydrogen-bond donors (Lipinski definition) is 2. The number of alkyl halides is 3. The molecule has 20 heavy (non-hydrogen) atoms. The summed E-state index contributed by atoms with van der Waals surface area (Å²) in [4.78, 5) is 15.7. The van der Waals surface area contributed by atoms with E-state index in [9.17, 15) is 18.0 Å². The highest BCUT2D eigenvalue weighted by Gasteiger charge is 2.30. The number of hydrogen-bond acceptors (Lipinski definition) is 3. The Balaban J connectivity index is 2.82. The monoisotopic (exact) mass is 286 g/mol. The predicted octanol–water partition coefficient (Wildman–Crippen LogP) is 1.50. The van der Waals surface area contributed by atoms with E-state index in [2.05, 4.69) is 22.1 Å². The van der Waals surface area contributed by atoms with Crippen molar-refractivity contribution in [1.82, 2.24) is 10.3 Å². The Morgan fingerprint density at radius 1 is 1.55 bits per heavy atom. The van der Waals surface area contributed by atoms with E-state index in [1.54, 1.807) is 0 Å². The Kier molecular flexibility index (Phi) is 5.53. The average Bonchev–Trinajstić information content (AvgIpc) is 2.34. The molecule has 1 aromatic heterocycles. The summed E-state index contributed by atoms with van der Waals surface area (Å²) in [6.45, 7) is 0.881. The van der Waals surface area contributed by atoms with Crippen molar-refractivity contribution in [2.24, 2.45) is 0 Å². The summed E-state index contributed by atoms with van der Waals surface area (Å²) in [5.74, 6) is 4.22. The first-order valence-corrected chi connectivity index (χ1v) is 5.75. The van der Waals surface area contributed by atoms with Gasteiger partial charge in [0.2, 0.25) is 0 Å². The summed E-state index contributed by atoms with van der Waals surface area (Å²) >= 11 is 0. The van der Waals surface area contributed by atoms with Crippen LogP contribution >= 0.6 is 0 Å². The number of carbonyl (C=O) groups is 1. The van der Waals surface area contributed by atoms with Crippen LogP contribution in [-0.2, 0) is 0 Å². The zero-order chi connectivity index (χ0) is 15.2. The van der Waals surface area contributed by atoms with Crippen molar-refractivity contribution in [3.63, 3.8) is 0 Å². The summed E-state index contributed by atoms with van der Waals surface area (Å²) in [5.41, 5.74) is 0.369. The maximum atomic E-state index is 12.2. The van der Waals surface area contributed by atoms with Gasteiger partial charge < -0.3 is 10.4 Å². The third-order valence-corrected chi connectivity index (χ3v) is 2.28. The minimum Gasteiger partial charge on any atom is -0.384 e. The van der Waals surface area contributed by atoms with Crippen molar-refractivity contribution in [1.29, 1.82) is 0 Å². The number of nitrogens with one attached hydrogen (secondary N) is 1. The van der Waals surface area contributed by atoms with Gasteiger partial charge in [-0.05, 0) is 13.0 Å². The molecule has 1 heterocycles. The van der Waals surface area contributed by atoms with E-state index in [4.69, 9.17) is 5.11 Å². The predicted molar refractivity (Wildman–Crippen MR) is 65.8 cm³/mol. The fraction of sp³-hybridized carbons (Fsp3) is 0.385. The quantitative estimate of drug-likeness (QED) is 0.828. The fourth-order valence-electron chi connectivity index (χ4n) is 1.53. The summed E-state index contributed by atoms with van der Waals surface area (Å²) in [7, 11) is 0. The van der Waals surface area contributed by atoms with Gasteiger partial charge in [-0.25, -0.2) is 0 Å². The van der Waals surface area contributed by atoms with Crippen molar-refractivity contribution in [3.8, 4) is 11.8 Å². The van der Waals surface area contributed by atoms with Crippen LogP contribution in [-0.4, -0.2) is 34.8 Å². The molecule has 1 amide bonds. The van der Waals surface area contributed by atoms with Crippen molar-refractivity contribution in [3.05, 3.63) is 29.6 Å². The normalized spacial score (nSPS) is 12.2. The second-order valence-electron chi connectivity index (χ2n) is 4.07. The summed E-state index contributed by atoms with van der Waals surface area (Å²) in [6.07, 6.45) is -2.80. The summed E-state index contributed by atoms with van der Waals surface area (Å²) in [6, 6.07) is 0.311. The second kappa shape index (κ2) is 6.91. The smallest absolute Gasteiger partial charge is 0.384 e. The standard InChI is InChI=1S/C13H13F3N2O2/c1-9(7-13(14,15)16)18-12(20)11-4-5-17-8-10(11)3-2-6-19/h4-5,8-9,19H,6-7H2,1H3,(H,18,20). The number of amides is 1. The number of nitrogens with zero attached hydrogens (tertiary/aromatic N) is 1. The highest BCUT2D eigenvalue weighted by atomic mass is 19.4. The van der Waals surface area contributed by atoms with Gasteiger partial charge in [0.25, 0.3) is 5.91 Å². The molecule has 7 heteroatoms. The van der Waals surface area contributed by atoms with Crippen LogP contribution in [0.1, 0.15) is 29.3 Å². The van der Waals surface area contributed by atoms with Gasteiger partial charge in [-0.15, -0.1) is 0 Å². The fourth-order valence-corrected chi connectivity index (χ4v) is 1.53. The van der Waals surface area contributed by atoms with Gasteiger partial charge in [-0.3, -0.25) is 9.78 Å². The molecule has 4 nitrogen and oxygen atoms in total. The lowest BCUT2D eigenvalue weighted by molar-refractivity contribution is -0.138. The van der Waals surface area contributed by atoms with Gasteiger partial charge in [0.15, 0.2) is 0 Å². The Bertz CT molecular complexity index is 532. The van der Waals surface area contributed by atoms with E-state index < -0.39 is 24.5 Å². The van der Waals surface area contributed by atoms with Gasteiger partial charge >= 0.3 is 6.18 Å². The highest BCUT2D eigenvalue weighted by Crippen LogP contribution is 2.21. The largest absolute Gasteiger partial charge is 0.391 e. The summed E-state index contributed by atoms with van der Waals surface area (Å²) < 4.78 is 36.6. The molecule has 0 aromatic carbocycles. The molecule has 0 bridgehead atoms. The topological polar surface area (TPSA) is 62.2 Å². The van der Waals surface area contributed by atoms with E-state index in [1.165, 1.54) is 25.4 Å². The first-order chi connectivity index (χ1) is 9.33. The van der Waals surface area contributed by atoms with Crippen LogP contribution in [0.4, 0.5) is 13.2 Å². The number of halogens is 3. The Labute approximate surface area is 114 Å². The van der Waals surface area contributed by atoms with Gasteiger partial charge in [0, 0.05) is 18.4 Å². The maximum Gasteiger partial charge on any atom is 0.391 e. The molecule has 0 radical (unpaired) electrons. The highest BCUT2D eigenvalue weighted by molar-refractivity contribution is 5.96. The Morgan fingerprint density at radius 3 is 2.85 bits per heavy atom. The third kappa shape index (κ3) is 5.28. The molecule has 0 spiro atoms. The minimum atomic E-state index is -4.34. The molecule has 2 N–H and O–H groups in total. The molecule has 0 aliphatic carbocycles. The van der Waals surface area contributed by atoms with Crippen molar-refractivity contribution < 1.29 is 23.1 Å². The lowest BCUT2D eigenvalue weighted by atomic mass is 10.1. The van der Waals surface area contributed by atoms with Crippen LogP contribution in [0.15, 0.2) is 18.5 Å². The van der Waals surface area contributed by atoms with Crippen LogP contribution in [0.2, 0.25) is 0 Å². The van der Waals surface area contributed by atoms with Crippen LogP contribution in [0.25, 0.3) is 0 Å². The number of carbonyl (C=O) groups excluding carboxylic acids is 1. The number of aromatic nitrogens is 1.